The number of aromatic nitrogens is 1. The normalized spacial score (nSPS) is 20.6. The Morgan fingerprint density at radius 3 is 2.90 bits per heavy atom. The molecule has 0 bridgehead atoms. The van der Waals surface area contributed by atoms with Crippen molar-refractivity contribution < 1.29 is 19.2 Å². The van der Waals surface area contributed by atoms with Gasteiger partial charge in [0.15, 0.2) is 5.78 Å². The lowest BCUT2D eigenvalue weighted by Crippen LogP contribution is -2.41. The number of carbonyl (C=O) groups is 2. The van der Waals surface area contributed by atoms with Crippen molar-refractivity contribution in [3.05, 3.63) is 71.1 Å². The van der Waals surface area contributed by atoms with Crippen LogP contribution in [0.25, 0.3) is 5.57 Å². The fourth-order valence-electron chi connectivity index (χ4n) is 4.16. The summed E-state index contributed by atoms with van der Waals surface area (Å²) in [5.41, 5.74) is 4.17. The summed E-state index contributed by atoms with van der Waals surface area (Å²) in [6, 6.07) is 9.36. The Morgan fingerprint density at radius 2 is 2.17 bits per heavy atom. The molecule has 6 heteroatoms. The van der Waals surface area contributed by atoms with E-state index in [1.165, 1.54) is 10.5 Å². The predicted molar refractivity (Wildman–Crippen MR) is 113 cm³/mol. The van der Waals surface area contributed by atoms with E-state index < -0.39 is 12.1 Å². The molecule has 0 spiro atoms. The molecule has 2 aromatic rings. The number of aryl methyl sites for hydroxylation is 2. The van der Waals surface area contributed by atoms with E-state index in [-0.39, 0.29) is 31.1 Å². The van der Waals surface area contributed by atoms with Gasteiger partial charge in [0.2, 0.25) is 5.91 Å². The second kappa shape index (κ2) is 8.79. The molecule has 0 saturated carbocycles. The molecule has 4 rings (SSSR count). The zero-order chi connectivity index (χ0) is 21.1. The van der Waals surface area contributed by atoms with Crippen LogP contribution in [0.15, 0.2) is 53.1 Å². The average Bonchev–Trinajstić information content (AvgIpc) is 3.48. The molecule has 1 amide bonds. The molecule has 1 fully saturated rings. The first-order valence-corrected chi connectivity index (χ1v) is 10.4. The summed E-state index contributed by atoms with van der Waals surface area (Å²) in [5.74, 6) is 0.235. The predicted octanol–water partition coefficient (Wildman–Crippen LogP) is 3.03. The Bertz CT molecular complexity index is 1000. The van der Waals surface area contributed by atoms with Gasteiger partial charge in [-0.1, -0.05) is 47.7 Å². The Labute approximate surface area is 175 Å². The first kappa shape index (κ1) is 20.3. The van der Waals surface area contributed by atoms with Gasteiger partial charge in [0.25, 0.3) is 0 Å². The summed E-state index contributed by atoms with van der Waals surface area (Å²) in [6.45, 7) is 1.97. The highest BCUT2D eigenvalue weighted by Crippen LogP contribution is 2.24. The maximum atomic E-state index is 12.9. The number of carbonyl (C=O) groups excluding carboxylic acids is 2. The van der Waals surface area contributed by atoms with Crippen LogP contribution in [0.1, 0.15) is 41.8 Å². The molecule has 2 aliphatic rings. The minimum atomic E-state index is -0.677. The number of aliphatic hydroxyl groups is 1. The highest BCUT2D eigenvalue weighted by molar-refractivity contribution is 5.90. The van der Waals surface area contributed by atoms with Crippen LogP contribution in [0.2, 0.25) is 0 Å². The molecule has 1 aliphatic heterocycles. The van der Waals surface area contributed by atoms with Crippen LogP contribution < -0.4 is 0 Å². The summed E-state index contributed by atoms with van der Waals surface area (Å²) >= 11 is 0. The quantitative estimate of drug-likeness (QED) is 0.764. The molecule has 1 aromatic heterocycles. The van der Waals surface area contributed by atoms with Crippen LogP contribution >= 0.6 is 0 Å². The van der Waals surface area contributed by atoms with E-state index >= 15 is 0 Å². The third-order valence-corrected chi connectivity index (χ3v) is 5.66. The van der Waals surface area contributed by atoms with E-state index in [0.29, 0.717) is 24.3 Å². The number of amides is 1. The molecule has 1 N–H and O–H groups in total. The molecule has 30 heavy (non-hydrogen) atoms. The van der Waals surface area contributed by atoms with Crippen molar-refractivity contribution in [1.82, 2.24) is 10.1 Å². The largest absolute Gasteiger partial charge is 0.391 e. The Hall–Kier alpha value is -2.99. The lowest BCUT2D eigenvalue weighted by atomic mass is 9.98. The smallest absolute Gasteiger partial charge is 0.231 e. The number of nitrogens with zero attached hydrogens (tertiary/aromatic N) is 2. The zero-order valence-corrected chi connectivity index (χ0v) is 17.1. The van der Waals surface area contributed by atoms with E-state index in [4.69, 9.17) is 4.52 Å². The molecule has 0 unspecified atom stereocenters. The molecular weight excluding hydrogens is 380 g/mol. The molecule has 2 heterocycles. The third kappa shape index (κ3) is 4.60. The number of aliphatic hydroxyl groups excluding tert-OH is 1. The number of hydrogen-bond acceptors (Lipinski definition) is 5. The summed E-state index contributed by atoms with van der Waals surface area (Å²) in [5, 5.41) is 13.9. The maximum Gasteiger partial charge on any atom is 0.231 e. The number of likely N-dealkylation sites (tertiary alicyclic amines) is 1. The number of rotatable bonds is 7. The van der Waals surface area contributed by atoms with Crippen molar-refractivity contribution in [3.8, 4) is 0 Å². The molecule has 156 valence electrons. The summed E-state index contributed by atoms with van der Waals surface area (Å²) in [7, 11) is 0. The van der Waals surface area contributed by atoms with Crippen molar-refractivity contribution in [2.45, 2.75) is 51.2 Å². The van der Waals surface area contributed by atoms with Gasteiger partial charge >= 0.3 is 0 Å². The molecule has 0 radical (unpaired) electrons. The highest BCUT2D eigenvalue weighted by atomic mass is 16.5. The molecule has 1 aromatic carbocycles. The van der Waals surface area contributed by atoms with Crippen LogP contribution in [0.3, 0.4) is 0 Å². The third-order valence-electron chi connectivity index (χ3n) is 5.66. The number of allylic oxidation sites excluding steroid dienone is 4. The number of β-amino-alcohol motifs (C(OH)–C–C–N with tert-alkyl or cyclic N) is 1. The van der Waals surface area contributed by atoms with Gasteiger partial charge in [0.1, 0.15) is 5.76 Å². The van der Waals surface area contributed by atoms with E-state index in [1.54, 1.807) is 13.0 Å². The van der Waals surface area contributed by atoms with Crippen molar-refractivity contribution in [1.29, 1.82) is 0 Å². The second-order valence-corrected chi connectivity index (χ2v) is 8.03. The first-order chi connectivity index (χ1) is 14.5. The second-order valence-electron chi connectivity index (χ2n) is 8.03. The zero-order valence-electron chi connectivity index (χ0n) is 17.1. The van der Waals surface area contributed by atoms with Gasteiger partial charge in [0.05, 0.1) is 24.3 Å². The van der Waals surface area contributed by atoms with Gasteiger partial charge < -0.3 is 14.5 Å². The van der Waals surface area contributed by atoms with Gasteiger partial charge in [-0.15, -0.1) is 0 Å². The summed E-state index contributed by atoms with van der Waals surface area (Å²) in [4.78, 5) is 27.1. The Balaban J connectivity index is 1.38. The van der Waals surface area contributed by atoms with Crippen molar-refractivity contribution >= 4 is 17.3 Å². The summed E-state index contributed by atoms with van der Waals surface area (Å²) < 4.78 is 5.12. The van der Waals surface area contributed by atoms with E-state index in [1.807, 2.05) is 12.1 Å². The van der Waals surface area contributed by atoms with Gasteiger partial charge in [-0.25, -0.2) is 0 Å². The molecule has 6 nitrogen and oxygen atoms in total. The minimum Gasteiger partial charge on any atom is -0.391 e. The lowest BCUT2D eigenvalue weighted by molar-refractivity contribution is -0.137. The Morgan fingerprint density at radius 1 is 1.30 bits per heavy atom. The molecule has 1 saturated heterocycles. The van der Waals surface area contributed by atoms with Crippen molar-refractivity contribution in [2.24, 2.45) is 0 Å². The van der Waals surface area contributed by atoms with Crippen LogP contribution in [0.5, 0.6) is 0 Å². The van der Waals surface area contributed by atoms with Crippen LogP contribution in [-0.4, -0.2) is 45.5 Å². The lowest BCUT2D eigenvalue weighted by Gasteiger charge is -2.23. The minimum absolute atomic E-state index is 0.0148. The topological polar surface area (TPSA) is 83.6 Å². The number of ketones is 1. The standard InChI is InChI=1S/C24H26N2O4/c1-16-11-21(30-25-16)14-24(29)26-15-20(27)13-22(26)23(28)10-9-17-5-4-8-19(12-17)18-6-2-3-7-18/h2,4-8,11-12,20,22,27H,3,9-10,13-15H2,1H3/t20-,22+/m1/s1. The van der Waals surface area contributed by atoms with Gasteiger partial charge in [-0.2, -0.15) is 0 Å². The van der Waals surface area contributed by atoms with E-state index in [9.17, 15) is 14.7 Å². The number of hydrogen-bond donors (Lipinski definition) is 1. The maximum absolute atomic E-state index is 12.9. The molecule has 2 atom stereocenters. The van der Waals surface area contributed by atoms with Crippen LogP contribution in [0.4, 0.5) is 0 Å². The van der Waals surface area contributed by atoms with Crippen LogP contribution in [-0.2, 0) is 22.4 Å². The monoisotopic (exact) mass is 406 g/mol. The van der Waals surface area contributed by atoms with E-state index in [2.05, 4.69) is 35.5 Å². The Kier molecular flexibility index (Phi) is 5.95. The van der Waals surface area contributed by atoms with Gasteiger partial charge in [0, 0.05) is 25.5 Å². The SMILES string of the molecule is Cc1cc(CC(=O)N2C[C@H](O)C[C@H]2C(=O)CCc2cccc(C3=CCC=C3)c2)on1. The number of benzene rings is 1. The van der Waals surface area contributed by atoms with Crippen molar-refractivity contribution in [3.63, 3.8) is 0 Å². The van der Waals surface area contributed by atoms with Gasteiger partial charge in [-0.05, 0) is 36.5 Å². The molecule has 1 aliphatic carbocycles. The fourth-order valence-corrected chi connectivity index (χ4v) is 4.16. The average molecular weight is 406 g/mol. The number of Topliss-reactive ketones (excluding diaryl/α,β-unsaturated/α-hetero) is 1. The van der Waals surface area contributed by atoms with Crippen molar-refractivity contribution in [2.75, 3.05) is 6.54 Å². The summed E-state index contributed by atoms with van der Waals surface area (Å²) in [6.07, 6.45) is 7.99. The fraction of sp³-hybridized carbons (Fsp3) is 0.375. The molecular formula is C24H26N2O4. The highest BCUT2D eigenvalue weighted by Gasteiger charge is 2.38. The first-order valence-electron chi connectivity index (χ1n) is 10.4. The van der Waals surface area contributed by atoms with Gasteiger partial charge in [-0.3, -0.25) is 9.59 Å². The van der Waals surface area contributed by atoms with Crippen LogP contribution in [0, 0.1) is 6.92 Å². The van der Waals surface area contributed by atoms with E-state index in [0.717, 1.165) is 17.5 Å².